The van der Waals surface area contributed by atoms with E-state index in [4.69, 9.17) is 5.73 Å². The summed E-state index contributed by atoms with van der Waals surface area (Å²) in [5, 5.41) is 0. The van der Waals surface area contributed by atoms with E-state index in [1.807, 2.05) is 0 Å². The highest BCUT2D eigenvalue weighted by Crippen LogP contribution is 2.35. The molecule has 0 aromatic heterocycles. The Bertz CT molecular complexity index is 249. The van der Waals surface area contributed by atoms with Crippen molar-refractivity contribution < 1.29 is 0 Å². The Kier molecular flexibility index (Phi) is 4.43. The molecule has 0 amide bonds. The average Bonchev–Trinajstić information content (AvgIpc) is 2.60. The molecule has 3 atom stereocenters. The lowest BCUT2D eigenvalue weighted by Crippen LogP contribution is -2.38. The number of hydrogen-bond donors (Lipinski definition) is 1. The predicted octanol–water partition coefficient (Wildman–Crippen LogP) is 2.58. The third kappa shape index (κ3) is 3.87. The number of nitrogens with zero attached hydrogens (tertiary/aromatic N) is 1. The summed E-state index contributed by atoms with van der Waals surface area (Å²) in [5.74, 6) is 2.96. The van der Waals surface area contributed by atoms with Gasteiger partial charge in [0.25, 0.3) is 0 Å². The molecule has 2 aliphatic rings. The maximum absolute atomic E-state index is 6.25. The second kappa shape index (κ2) is 5.50. The summed E-state index contributed by atoms with van der Waals surface area (Å²) in [7, 11) is 0. The van der Waals surface area contributed by atoms with E-state index in [9.17, 15) is 0 Å². The van der Waals surface area contributed by atoms with Crippen LogP contribution in [0.4, 0.5) is 0 Å². The number of thioether (sulfide) groups is 1. The average molecular weight is 256 g/mol. The van der Waals surface area contributed by atoms with Gasteiger partial charge in [0.15, 0.2) is 0 Å². The summed E-state index contributed by atoms with van der Waals surface area (Å²) in [6, 6.07) is 0.481. The summed E-state index contributed by atoms with van der Waals surface area (Å²) < 4.78 is 0.406. The normalized spacial score (nSPS) is 34.9. The van der Waals surface area contributed by atoms with E-state index < -0.39 is 0 Å². The first kappa shape index (κ1) is 13.7. The Labute approximate surface area is 111 Å². The van der Waals surface area contributed by atoms with Crippen molar-refractivity contribution in [3.05, 3.63) is 0 Å². The fraction of sp³-hybridized carbons (Fsp3) is 1.00. The van der Waals surface area contributed by atoms with Gasteiger partial charge in [0, 0.05) is 36.2 Å². The number of nitrogens with two attached hydrogens (primary N) is 1. The first-order valence-corrected chi connectivity index (χ1v) is 8.06. The molecule has 1 aliphatic heterocycles. The third-order valence-corrected chi connectivity index (χ3v) is 5.42. The fourth-order valence-corrected chi connectivity index (χ4v) is 4.23. The van der Waals surface area contributed by atoms with Gasteiger partial charge in [-0.1, -0.05) is 27.2 Å². The highest BCUT2D eigenvalue weighted by Gasteiger charge is 2.38. The van der Waals surface area contributed by atoms with E-state index in [0.717, 1.165) is 11.8 Å². The van der Waals surface area contributed by atoms with Crippen LogP contribution in [0, 0.1) is 11.8 Å². The van der Waals surface area contributed by atoms with Crippen LogP contribution in [0.3, 0.4) is 0 Å². The molecule has 100 valence electrons. The summed E-state index contributed by atoms with van der Waals surface area (Å²) >= 11 is 2.08. The van der Waals surface area contributed by atoms with Crippen LogP contribution in [0.15, 0.2) is 0 Å². The summed E-state index contributed by atoms with van der Waals surface area (Å²) in [6.45, 7) is 10.7. The Hall–Kier alpha value is 0.270. The van der Waals surface area contributed by atoms with Gasteiger partial charge in [-0.05, 0) is 24.7 Å². The summed E-state index contributed by atoms with van der Waals surface area (Å²) in [5.41, 5.74) is 6.25. The molecule has 2 N–H and O–H groups in total. The molecule has 0 aromatic carbocycles. The van der Waals surface area contributed by atoms with Gasteiger partial charge in [0.05, 0.1) is 0 Å². The van der Waals surface area contributed by atoms with E-state index in [2.05, 4.69) is 37.4 Å². The lowest BCUT2D eigenvalue weighted by Gasteiger charge is -2.29. The summed E-state index contributed by atoms with van der Waals surface area (Å²) in [6.07, 6.45) is 4.03. The van der Waals surface area contributed by atoms with Crippen molar-refractivity contribution in [3.63, 3.8) is 0 Å². The van der Waals surface area contributed by atoms with Crippen LogP contribution < -0.4 is 5.73 Å². The minimum absolute atomic E-state index is 0.406. The van der Waals surface area contributed by atoms with Crippen molar-refractivity contribution >= 4 is 11.8 Å². The SMILES string of the molecule is CC(C)(C)SCCN1CC2CCCC(N)C2C1. The topological polar surface area (TPSA) is 29.3 Å². The van der Waals surface area contributed by atoms with Crippen molar-refractivity contribution in [2.24, 2.45) is 17.6 Å². The third-order valence-electron chi connectivity index (χ3n) is 4.17. The minimum atomic E-state index is 0.406. The van der Waals surface area contributed by atoms with Gasteiger partial charge in [0.1, 0.15) is 0 Å². The molecule has 3 unspecified atom stereocenters. The van der Waals surface area contributed by atoms with E-state index in [1.54, 1.807) is 0 Å². The molecule has 17 heavy (non-hydrogen) atoms. The van der Waals surface area contributed by atoms with Crippen molar-refractivity contribution in [2.75, 3.05) is 25.4 Å². The van der Waals surface area contributed by atoms with Crippen LogP contribution in [-0.2, 0) is 0 Å². The second-order valence-corrected chi connectivity index (χ2v) is 8.66. The summed E-state index contributed by atoms with van der Waals surface area (Å²) in [4.78, 5) is 2.65. The van der Waals surface area contributed by atoms with Crippen LogP contribution in [-0.4, -0.2) is 41.1 Å². The van der Waals surface area contributed by atoms with Crippen LogP contribution in [0.2, 0.25) is 0 Å². The molecule has 1 saturated heterocycles. The van der Waals surface area contributed by atoms with Crippen LogP contribution in [0.25, 0.3) is 0 Å². The molecular weight excluding hydrogens is 228 g/mol. The van der Waals surface area contributed by atoms with Gasteiger partial charge in [-0.2, -0.15) is 11.8 Å². The molecule has 1 aliphatic carbocycles. The van der Waals surface area contributed by atoms with Gasteiger partial charge in [-0.25, -0.2) is 0 Å². The van der Waals surface area contributed by atoms with Gasteiger partial charge < -0.3 is 10.6 Å². The molecule has 1 saturated carbocycles. The van der Waals surface area contributed by atoms with Crippen molar-refractivity contribution in [1.82, 2.24) is 4.90 Å². The quantitative estimate of drug-likeness (QED) is 0.841. The standard InChI is InChI=1S/C14H28N2S/c1-14(2,3)17-8-7-16-9-11-5-4-6-13(15)12(11)10-16/h11-13H,4-10,15H2,1-3H3. The highest BCUT2D eigenvalue weighted by molar-refractivity contribution is 8.00. The van der Waals surface area contributed by atoms with E-state index in [-0.39, 0.29) is 0 Å². The Morgan fingerprint density at radius 1 is 1.24 bits per heavy atom. The fourth-order valence-electron chi connectivity index (χ4n) is 3.27. The molecule has 0 radical (unpaired) electrons. The van der Waals surface area contributed by atoms with Gasteiger partial charge in [0.2, 0.25) is 0 Å². The largest absolute Gasteiger partial charge is 0.327 e. The molecular formula is C14H28N2S. The van der Waals surface area contributed by atoms with Gasteiger partial charge in [-0.3, -0.25) is 0 Å². The van der Waals surface area contributed by atoms with Crippen molar-refractivity contribution in [1.29, 1.82) is 0 Å². The number of hydrogen-bond acceptors (Lipinski definition) is 3. The molecule has 0 spiro atoms. The van der Waals surface area contributed by atoms with Crippen LogP contribution in [0.1, 0.15) is 40.0 Å². The maximum atomic E-state index is 6.25. The Morgan fingerprint density at radius 3 is 2.65 bits per heavy atom. The van der Waals surface area contributed by atoms with Crippen molar-refractivity contribution in [3.8, 4) is 0 Å². The number of rotatable bonds is 3. The molecule has 2 rings (SSSR count). The molecule has 0 bridgehead atoms. The Morgan fingerprint density at radius 2 is 2.00 bits per heavy atom. The monoisotopic (exact) mass is 256 g/mol. The van der Waals surface area contributed by atoms with Crippen LogP contribution in [0.5, 0.6) is 0 Å². The first-order chi connectivity index (χ1) is 7.96. The highest BCUT2D eigenvalue weighted by atomic mass is 32.2. The van der Waals surface area contributed by atoms with Crippen LogP contribution >= 0.6 is 11.8 Å². The minimum Gasteiger partial charge on any atom is -0.327 e. The van der Waals surface area contributed by atoms with E-state index in [1.165, 1.54) is 44.6 Å². The number of likely N-dealkylation sites (tertiary alicyclic amines) is 1. The van der Waals surface area contributed by atoms with E-state index >= 15 is 0 Å². The Balaban J connectivity index is 1.74. The maximum Gasteiger partial charge on any atom is 0.00825 e. The number of fused-ring (bicyclic) bond motifs is 1. The van der Waals surface area contributed by atoms with Gasteiger partial charge >= 0.3 is 0 Å². The lowest BCUT2D eigenvalue weighted by molar-refractivity contribution is 0.259. The predicted molar refractivity (Wildman–Crippen MR) is 77.5 cm³/mol. The molecule has 2 fully saturated rings. The zero-order valence-electron chi connectivity index (χ0n) is 11.6. The lowest BCUT2D eigenvalue weighted by atomic mass is 9.78. The molecule has 2 nitrogen and oxygen atoms in total. The van der Waals surface area contributed by atoms with E-state index in [0.29, 0.717) is 10.8 Å². The smallest absolute Gasteiger partial charge is 0.00825 e. The molecule has 0 aromatic rings. The van der Waals surface area contributed by atoms with Crippen molar-refractivity contribution in [2.45, 2.75) is 50.8 Å². The van der Waals surface area contributed by atoms with Gasteiger partial charge in [-0.15, -0.1) is 0 Å². The first-order valence-electron chi connectivity index (χ1n) is 7.07. The molecule has 1 heterocycles. The molecule has 3 heteroatoms. The second-order valence-electron chi connectivity index (χ2n) is 6.74. The zero-order valence-corrected chi connectivity index (χ0v) is 12.4. The zero-order chi connectivity index (χ0) is 12.5.